The van der Waals surface area contributed by atoms with Crippen molar-refractivity contribution in [3.05, 3.63) is 69.8 Å². The van der Waals surface area contributed by atoms with Gasteiger partial charge in [0, 0.05) is 23.7 Å². The first-order valence-electron chi connectivity index (χ1n) is 11.6. The average molecular weight is 551 g/mol. The molecule has 0 aliphatic carbocycles. The minimum absolute atomic E-state index is 0.00956. The fourth-order valence-corrected chi connectivity index (χ4v) is 4.99. The van der Waals surface area contributed by atoms with Gasteiger partial charge >= 0.3 is 12.1 Å². The number of alkyl halides is 3. The molecule has 1 N–H and O–H groups in total. The highest BCUT2D eigenvalue weighted by molar-refractivity contribution is 6.30. The van der Waals surface area contributed by atoms with E-state index in [1.807, 2.05) is 0 Å². The fraction of sp³-hybridized carbons (Fsp3) is 0.360. The summed E-state index contributed by atoms with van der Waals surface area (Å²) in [6, 6.07) is 9.64. The molecule has 13 heteroatoms. The van der Waals surface area contributed by atoms with Gasteiger partial charge in [0.1, 0.15) is 18.0 Å². The van der Waals surface area contributed by atoms with Crippen LogP contribution in [0.25, 0.3) is 5.69 Å². The van der Waals surface area contributed by atoms with E-state index in [1.54, 1.807) is 25.1 Å². The molecule has 2 atom stereocenters. The predicted octanol–water partition coefficient (Wildman–Crippen LogP) is 4.35. The first-order valence-corrected chi connectivity index (χ1v) is 12.0. The third kappa shape index (κ3) is 4.47. The minimum atomic E-state index is -4.85. The van der Waals surface area contributed by atoms with Crippen molar-refractivity contribution in [3.8, 4) is 11.4 Å². The number of aromatic nitrogens is 3. The number of nitrogens with zero attached hydrogens (tertiary/aromatic N) is 4. The topological polar surface area (TPSA) is 107 Å². The van der Waals surface area contributed by atoms with Crippen LogP contribution in [0.4, 0.5) is 13.2 Å². The summed E-state index contributed by atoms with van der Waals surface area (Å²) in [5, 5.41) is 16.6. The summed E-state index contributed by atoms with van der Waals surface area (Å²) in [6.07, 6.45) is -7.41. The Kier molecular flexibility index (Phi) is 6.56. The van der Waals surface area contributed by atoms with E-state index < -0.39 is 42.0 Å². The van der Waals surface area contributed by atoms with Crippen molar-refractivity contribution in [2.75, 3.05) is 20.2 Å². The molecule has 0 saturated carbocycles. The molecule has 0 spiro atoms. The van der Waals surface area contributed by atoms with E-state index in [-0.39, 0.29) is 36.0 Å². The van der Waals surface area contributed by atoms with Gasteiger partial charge in [-0.1, -0.05) is 23.7 Å². The number of rotatable bonds is 5. The molecule has 0 unspecified atom stereocenters. The lowest BCUT2D eigenvalue weighted by atomic mass is 9.95. The van der Waals surface area contributed by atoms with Crippen LogP contribution in [0.1, 0.15) is 47.0 Å². The molecule has 1 amide bonds. The van der Waals surface area contributed by atoms with Gasteiger partial charge in [-0.3, -0.25) is 14.2 Å². The number of ether oxygens (including phenoxy) is 2. The molecular formula is C25H22ClF3N4O5. The second-order valence-electron chi connectivity index (χ2n) is 9.14. The standard InChI is InChI=1S/C25H22ClF3N4O5/c1-12-15(4-3-5-18(12)37-2)21-16-8-14(26)6-7-17(16)33-22(30-31-24(33)25(27,28)29)19(38-21)9-20(34)32-10-13(11-32)23(35)36/h3-8,13,19,21H,9-11H2,1-2H3,(H,35,36)/t19-,21-/m1/s1. The van der Waals surface area contributed by atoms with Gasteiger partial charge in [-0.2, -0.15) is 13.2 Å². The fourth-order valence-electron chi connectivity index (χ4n) is 4.81. The zero-order valence-corrected chi connectivity index (χ0v) is 21.0. The van der Waals surface area contributed by atoms with Crippen LogP contribution in [-0.2, 0) is 20.5 Å². The third-order valence-electron chi connectivity index (χ3n) is 6.81. The van der Waals surface area contributed by atoms with Crippen LogP contribution < -0.4 is 4.74 Å². The SMILES string of the molecule is COc1cccc([C@H]2O[C@H](CC(=O)N3CC(C(=O)O)C3)c3nnc(C(F)(F)F)n3-c3ccc(Cl)cc32)c1C. The monoisotopic (exact) mass is 550 g/mol. The molecule has 1 fully saturated rings. The summed E-state index contributed by atoms with van der Waals surface area (Å²) in [5.41, 5.74) is 1.73. The Hall–Kier alpha value is -3.64. The average Bonchev–Trinajstić information content (AvgIpc) is 3.22. The molecule has 200 valence electrons. The maximum Gasteiger partial charge on any atom is 0.452 e. The van der Waals surface area contributed by atoms with Crippen molar-refractivity contribution in [1.82, 2.24) is 19.7 Å². The van der Waals surface area contributed by atoms with E-state index in [1.165, 1.54) is 30.2 Å². The molecule has 0 bridgehead atoms. The molecule has 2 aromatic carbocycles. The number of fused-ring (bicyclic) bond motifs is 3. The molecular weight excluding hydrogens is 529 g/mol. The van der Waals surface area contributed by atoms with Gasteiger partial charge in [0.2, 0.25) is 11.7 Å². The number of hydrogen-bond donors (Lipinski definition) is 1. The van der Waals surface area contributed by atoms with Crippen LogP contribution in [0.3, 0.4) is 0 Å². The Morgan fingerprint density at radius 1 is 1.18 bits per heavy atom. The summed E-state index contributed by atoms with van der Waals surface area (Å²) >= 11 is 6.29. The Bertz CT molecular complexity index is 1420. The summed E-state index contributed by atoms with van der Waals surface area (Å²) in [5.74, 6) is -3.10. The van der Waals surface area contributed by atoms with E-state index >= 15 is 0 Å². The van der Waals surface area contributed by atoms with Crippen molar-refractivity contribution in [1.29, 1.82) is 0 Å². The number of carbonyl (C=O) groups is 2. The van der Waals surface area contributed by atoms with Gasteiger partial charge in [-0.15, -0.1) is 10.2 Å². The lowest BCUT2D eigenvalue weighted by Gasteiger charge is -2.37. The Labute approximate surface area is 219 Å². The molecule has 9 nitrogen and oxygen atoms in total. The molecule has 3 heterocycles. The van der Waals surface area contributed by atoms with Gasteiger partial charge in [0.25, 0.3) is 0 Å². The molecule has 1 aromatic heterocycles. The van der Waals surface area contributed by atoms with Gasteiger partial charge in [0.05, 0.1) is 25.1 Å². The zero-order valence-electron chi connectivity index (χ0n) is 20.2. The van der Waals surface area contributed by atoms with Crippen LogP contribution in [0, 0.1) is 12.8 Å². The Morgan fingerprint density at radius 2 is 1.92 bits per heavy atom. The molecule has 0 radical (unpaired) electrons. The number of amides is 1. The number of likely N-dealkylation sites (tertiary alicyclic amines) is 1. The van der Waals surface area contributed by atoms with Crippen LogP contribution >= 0.6 is 11.6 Å². The van der Waals surface area contributed by atoms with Crippen LogP contribution in [0.5, 0.6) is 5.75 Å². The largest absolute Gasteiger partial charge is 0.496 e. The van der Waals surface area contributed by atoms with Crippen molar-refractivity contribution in [3.63, 3.8) is 0 Å². The van der Waals surface area contributed by atoms with Crippen LogP contribution in [-0.4, -0.2) is 56.8 Å². The molecule has 2 aliphatic rings. The van der Waals surface area contributed by atoms with E-state index in [2.05, 4.69) is 10.2 Å². The number of methoxy groups -OCH3 is 1. The highest BCUT2D eigenvalue weighted by atomic mass is 35.5. The molecule has 38 heavy (non-hydrogen) atoms. The maximum atomic E-state index is 14.1. The van der Waals surface area contributed by atoms with Crippen molar-refractivity contribution in [2.24, 2.45) is 5.92 Å². The van der Waals surface area contributed by atoms with E-state index in [9.17, 15) is 22.8 Å². The third-order valence-corrected chi connectivity index (χ3v) is 7.05. The van der Waals surface area contributed by atoms with Gasteiger partial charge in [-0.25, -0.2) is 0 Å². The number of carbonyl (C=O) groups excluding carboxylic acids is 1. The number of benzene rings is 2. The first kappa shape index (κ1) is 26.0. The molecule has 3 aromatic rings. The van der Waals surface area contributed by atoms with Crippen LogP contribution in [0.2, 0.25) is 5.02 Å². The van der Waals surface area contributed by atoms with Gasteiger partial charge in [-0.05, 0) is 42.3 Å². The van der Waals surface area contributed by atoms with E-state index in [0.717, 1.165) is 4.57 Å². The normalized spacial score (nSPS) is 19.3. The van der Waals surface area contributed by atoms with Gasteiger partial charge < -0.3 is 19.5 Å². The molecule has 2 aliphatic heterocycles. The lowest BCUT2D eigenvalue weighted by Crippen LogP contribution is -2.53. The highest BCUT2D eigenvalue weighted by Crippen LogP contribution is 2.45. The van der Waals surface area contributed by atoms with Crippen molar-refractivity contribution < 1.29 is 37.3 Å². The number of carboxylic acid groups (broad SMARTS) is 1. The number of halogens is 4. The van der Waals surface area contributed by atoms with E-state index in [0.29, 0.717) is 22.4 Å². The number of hydrogen-bond acceptors (Lipinski definition) is 6. The summed E-state index contributed by atoms with van der Waals surface area (Å²) in [4.78, 5) is 25.6. The first-order chi connectivity index (χ1) is 18.0. The van der Waals surface area contributed by atoms with Crippen LogP contribution in [0.15, 0.2) is 36.4 Å². The predicted molar refractivity (Wildman–Crippen MR) is 127 cm³/mol. The lowest BCUT2D eigenvalue weighted by molar-refractivity contribution is -0.154. The molecule has 1 saturated heterocycles. The van der Waals surface area contributed by atoms with Crippen molar-refractivity contribution in [2.45, 2.75) is 31.7 Å². The number of aliphatic carboxylic acids is 1. The quantitative estimate of drug-likeness (QED) is 0.503. The number of carboxylic acids is 1. The second kappa shape index (κ2) is 9.59. The summed E-state index contributed by atoms with van der Waals surface area (Å²) in [6.45, 7) is 1.81. The summed E-state index contributed by atoms with van der Waals surface area (Å²) < 4.78 is 54.9. The van der Waals surface area contributed by atoms with E-state index in [4.69, 9.17) is 26.2 Å². The zero-order chi connectivity index (χ0) is 27.4. The smallest absolute Gasteiger partial charge is 0.452 e. The maximum absolute atomic E-state index is 14.1. The Balaban J connectivity index is 1.65. The van der Waals surface area contributed by atoms with Gasteiger partial charge in [0.15, 0.2) is 5.82 Å². The Morgan fingerprint density at radius 3 is 2.58 bits per heavy atom. The van der Waals surface area contributed by atoms with Crippen molar-refractivity contribution >= 4 is 23.5 Å². The second-order valence-corrected chi connectivity index (χ2v) is 9.57. The summed E-state index contributed by atoms with van der Waals surface area (Å²) in [7, 11) is 1.50. The molecule has 5 rings (SSSR count). The minimum Gasteiger partial charge on any atom is -0.496 e. The highest BCUT2D eigenvalue weighted by Gasteiger charge is 2.44.